The van der Waals surface area contributed by atoms with Gasteiger partial charge < -0.3 is 14.2 Å². The average molecular weight is 423 g/mol. The second-order valence-corrected chi connectivity index (χ2v) is 5.94. The summed E-state index contributed by atoms with van der Waals surface area (Å²) >= 11 is 5.75. The monoisotopic (exact) mass is 422 g/mol. The van der Waals surface area contributed by atoms with Gasteiger partial charge in [0.1, 0.15) is 18.2 Å². The molecular weight excluding hydrogens is 407 g/mol. The number of benzene rings is 2. The van der Waals surface area contributed by atoms with Gasteiger partial charge in [-0.3, -0.25) is 10.7 Å². The van der Waals surface area contributed by atoms with E-state index in [0.29, 0.717) is 17.2 Å². The Balaban J connectivity index is 1.80. The number of rotatable bonds is 7. The molecule has 0 bridgehead atoms. The van der Waals surface area contributed by atoms with Crippen molar-refractivity contribution in [2.75, 3.05) is 14.2 Å². The van der Waals surface area contributed by atoms with Crippen LogP contribution in [0.25, 0.3) is 0 Å². The van der Waals surface area contributed by atoms with Crippen molar-refractivity contribution in [3.8, 4) is 17.2 Å². The molecule has 0 fully saturated rings. The minimum atomic E-state index is -0.587. The SMILES string of the molecule is COc1ccc(OCc2nonc2C(=Nc2ccc(F)c(Cl)c2)NO)cc1OC. The number of hydrogen-bond donors (Lipinski definition) is 2. The van der Waals surface area contributed by atoms with Gasteiger partial charge in [-0.2, -0.15) is 0 Å². The first-order valence-electron chi connectivity index (χ1n) is 8.16. The second kappa shape index (κ2) is 9.22. The number of aromatic nitrogens is 2. The highest BCUT2D eigenvalue weighted by Gasteiger charge is 2.18. The number of aliphatic imine (C=N–C) groups is 1. The van der Waals surface area contributed by atoms with Crippen molar-refractivity contribution in [2.45, 2.75) is 6.61 Å². The summed E-state index contributed by atoms with van der Waals surface area (Å²) < 4.78 is 34.1. The van der Waals surface area contributed by atoms with Crippen molar-refractivity contribution >= 4 is 23.1 Å². The van der Waals surface area contributed by atoms with Crippen molar-refractivity contribution in [1.82, 2.24) is 15.8 Å². The summed E-state index contributed by atoms with van der Waals surface area (Å²) in [6.45, 7) is -0.0425. The maximum absolute atomic E-state index is 13.3. The van der Waals surface area contributed by atoms with Crippen molar-refractivity contribution < 1.29 is 28.4 Å². The quantitative estimate of drug-likeness (QED) is 0.338. The smallest absolute Gasteiger partial charge is 0.182 e. The number of nitrogens with zero attached hydrogens (tertiary/aromatic N) is 3. The topological polar surface area (TPSA) is 111 Å². The van der Waals surface area contributed by atoms with E-state index in [1.807, 2.05) is 5.48 Å². The van der Waals surface area contributed by atoms with E-state index in [1.54, 1.807) is 18.2 Å². The number of hydroxylamine groups is 1. The first-order chi connectivity index (χ1) is 14.0. The van der Waals surface area contributed by atoms with Gasteiger partial charge in [0.2, 0.25) is 0 Å². The summed E-state index contributed by atoms with van der Waals surface area (Å²) in [7, 11) is 3.04. The molecule has 1 heterocycles. The Bertz CT molecular complexity index is 1030. The molecule has 0 saturated carbocycles. The first-order valence-corrected chi connectivity index (χ1v) is 8.54. The summed E-state index contributed by atoms with van der Waals surface area (Å²) in [5.41, 5.74) is 2.56. The summed E-state index contributed by atoms with van der Waals surface area (Å²) in [6, 6.07) is 8.85. The van der Waals surface area contributed by atoms with Crippen molar-refractivity contribution in [3.05, 3.63) is 58.6 Å². The zero-order chi connectivity index (χ0) is 20.8. The molecule has 0 aliphatic heterocycles. The van der Waals surface area contributed by atoms with Crippen LogP contribution in [0.4, 0.5) is 10.1 Å². The molecule has 3 aromatic rings. The zero-order valence-corrected chi connectivity index (χ0v) is 16.1. The number of methoxy groups -OCH3 is 2. The molecule has 0 unspecified atom stereocenters. The summed E-state index contributed by atoms with van der Waals surface area (Å²) in [4.78, 5) is 4.14. The van der Waals surface area contributed by atoms with Gasteiger partial charge in [-0.15, -0.1) is 0 Å². The van der Waals surface area contributed by atoms with Crippen molar-refractivity contribution in [3.63, 3.8) is 0 Å². The molecule has 1 aromatic heterocycles. The van der Waals surface area contributed by atoms with Crippen molar-refractivity contribution in [2.24, 2.45) is 4.99 Å². The van der Waals surface area contributed by atoms with Crippen LogP contribution in [0, 0.1) is 5.82 Å². The fourth-order valence-corrected chi connectivity index (χ4v) is 2.53. The van der Waals surface area contributed by atoms with Crippen LogP contribution in [0.3, 0.4) is 0 Å². The minimum Gasteiger partial charge on any atom is -0.493 e. The maximum atomic E-state index is 13.3. The fourth-order valence-electron chi connectivity index (χ4n) is 2.35. The van der Waals surface area contributed by atoms with Crippen LogP contribution in [0.15, 0.2) is 46.0 Å². The second-order valence-electron chi connectivity index (χ2n) is 5.54. The van der Waals surface area contributed by atoms with Gasteiger partial charge in [-0.25, -0.2) is 14.0 Å². The van der Waals surface area contributed by atoms with E-state index >= 15 is 0 Å². The largest absolute Gasteiger partial charge is 0.493 e. The van der Waals surface area contributed by atoms with Crippen molar-refractivity contribution in [1.29, 1.82) is 0 Å². The average Bonchev–Trinajstić information content (AvgIpc) is 3.21. The summed E-state index contributed by atoms with van der Waals surface area (Å²) in [6.07, 6.45) is 0. The first kappa shape index (κ1) is 20.4. The Labute approximate surface area is 169 Å². The van der Waals surface area contributed by atoms with E-state index in [2.05, 4.69) is 15.3 Å². The van der Waals surface area contributed by atoms with Crippen LogP contribution >= 0.6 is 11.6 Å². The van der Waals surface area contributed by atoms with Gasteiger partial charge in [0, 0.05) is 6.07 Å². The van der Waals surface area contributed by atoms with Crippen LogP contribution in [0.2, 0.25) is 5.02 Å². The van der Waals surface area contributed by atoms with Gasteiger partial charge >= 0.3 is 0 Å². The van der Waals surface area contributed by atoms with Crippen LogP contribution in [-0.2, 0) is 6.61 Å². The third kappa shape index (κ3) is 4.73. The molecule has 0 spiro atoms. The minimum absolute atomic E-state index is 0.0425. The molecule has 0 amide bonds. The summed E-state index contributed by atoms with van der Waals surface area (Å²) in [5, 5.41) is 16.8. The van der Waals surface area contributed by atoms with E-state index in [-0.39, 0.29) is 34.5 Å². The molecule has 0 atom stereocenters. The van der Waals surface area contributed by atoms with E-state index < -0.39 is 5.82 Å². The normalized spacial score (nSPS) is 11.3. The molecule has 0 radical (unpaired) electrons. The highest BCUT2D eigenvalue weighted by atomic mass is 35.5. The summed E-state index contributed by atoms with van der Waals surface area (Å²) in [5.74, 6) is 0.866. The van der Waals surface area contributed by atoms with Gasteiger partial charge in [0.05, 0.1) is 24.9 Å². The molecule has 0 aliphatic carbocycles. The Kier molecular flexibility index (Phi) is 6.47. The third-order valence-corrected chi connectivity index (χ3v) is 4.05. The fraction of sp³-hybridized carbons (Fsp3) is 0.167. The van der Waals surface area contributed by atoms with E-state index in [1.165, 1.54) is 26.4 Å². The maximum Gasteiger partial charge on any atom is 0.182 e. The lowest BCUT2D eigenvalue weighted by atomic mass is 10.2. The van der Waals surface area contributed by atoms with Gasteiger partial charge in [-0.1, -0.05) is 16.8 Å². The predicted octanol–water partition coefficient (Wildman–Crippen LogP) is 3.52. The lowest BCUT2D eigenvalue weighted by Gasteiger charge is -2.10. The standard InChI is InChI=1S/C18H16ClFN4O5/c1-26-15-6-4-11(8-16(15)27-2)28-9-14-17(24-29-23-14)18(22-25)21-10-3-5-13(20)12(19)7-10/h3-8,25H,9H2,1-2H3,(H,21,22). The third-order valence-electron chi connectivity index (χ3n) is 3.76. The lowest BCUT2D eigenvalue weighted by Crippen LogP contribution is -2.22. The molecule has 0 aliphatic rings. The van der Waals surface area contributed by atoms with Gasteiger partial charge in [-0.05, 0) is 35.5 Å². The van der Waals surface area contributed by atoms with Crippen LogP contribution in [0.5, 0.6) is 17.2 Å². The highest BCUT2D eigenvalue weighted by Crippen LogP contribution is 2.31. The number of hydrogen-bond acceptors (Lipinski definition) is 8. The molecule has 2 N–H and O–H groups in total. The molecule has 11 heteroatoms. The van der Waals surface area contributed by atoms with E-state index in [9.17, 15) is 9.60 Å². The molecule has 9 nitrogen and oxygen atoms in total. The van der Waals surface area contributed by atoms with Crippen LogP contribution < -0.4 is 19.7 Å². The van der Waals surface area contributed by atoms with E-state index in [4.69, 9.17) is 30.4 Å². The zero-order valence-electron chi connectivity index (χ0n) is 15.3. The molecule has 0 saturated heterocycles. The Morgan fingerprint density at radius 1 is 1.17 bits per heavy atom. The highest BCUT2D eigenvalue weighted by molar-refractivity contribution is 6.31. The number of ether oxygens (including phenoxy) is 3. The number of nitrogens with one attached hydrogen (secondary N) is 1. The lowest BCUT2D eigenvalue weighted by molar-refractivity contribution is 0.233. The van der Waals surface area contributed by atoms with Crippen LogP contribution in [-0.4, -0.2) is 35.6 Å². The van der Waals surface area contributed by atoms with Gasteiger partial charge in [0.25, 0.3) is 0 Å². The Hall–Kier alpha value is -3.37. The molecule has 152 valence electrons. The number of amidine groups is 1. The van der Waals surface area contributed by atoms with Gasteiger partial charge in [0.15, 0.2) is 28.7 Å². The Morgan fingerprint density at radius 2 is 1.97 bits per heavy atom. The predicted molar refractivity (Wildman–Crippen MR) is 101 cm³/mol. The molecular formula is C18H16ClFN4O5. The van der Waals surface area contributed by atoms with E-state index in [0.717, 1.165) is 6.07 Å². The Morgan fingerprint density at radius 3 is 2.66 bits per heavy atom. The van der Waals surface area contributed by atoms with Crippen LogP contribution in [0.1, 0.15) is 11.4 Å². The number of halogens is 2. The molecule has 3 rings (SSSR count). The molecule has 29 heavy (non-hydrogen) atoms. The molecule has 2 aromatic carbocycles.